The van der Waals surface area contributed by atoms with Gasteiger partial charge < -0.3 is 9.47 Å². The Morgan fingerprint density at radius 1 is 0.783 bits per heavy atom. The van der Waals surface area contributed by atoms with Gasteiger partial charge in [-0.15, -0.1) is 0 Å². The van der Waals surface area contributed by atoms with Crippen LogP contribution in [0.5, 0.6) is 0 Å². The fourth-order valence-electron chi connectivity index (χ4n) is 3.03. The molecule has 0 saturated carbocycles. The Morgan fingerprint density at radius 3 is 2.00 bits per heavy atom. The van der Waals surface area contributed by atoms with E-state index in [4.69, 9.17) is 9.47 Å². The Kier molecular flexibility index (Phi) is 12.3. The molecule has 1 aliphatic heterocycles. The van der Waals surface area contributed by atoms with Crippen molar-refractivity contribution in [3.8, 4) is 0 Å². The van der Waals surface area contributed by atoms with Crippen molar-refractivity contribution in [2.45, 2.75) is 116 Å². The van der Waals surface area contributed by atoms with Crippen LogP contribution in [-0.4, -0.2) is 24.8 Å². The van der Waals surface area contributed by atoms with Gasteiger partial charge in [0.1, 0.15) is 0 Å². The highest BCUT2D eigenvalue weighted by Gasteiger charge is 2.39. The summed E-state index contributed by atoms with van der Waals surface area (Å²) in [4.78, 5) is 11.7. The number of epoxide rings is 1. The van der Waals surface area contributed by atoms with Gasteiger partial charge in [0.25, 0.3) is 0 Å². The molecule has 0 bridgehead atoms. The number of ether oxygens (including phenoxy) is 2. The highest BCUT2D eigenvalue weighted by atomic mass is 16.6. The van der Waals surface area contributed by atoms with E-state index in [9.17, 15) is 4.79 Å². The first kappa shape index (κ1) is 20.5. The van der Waals surface area contributed by atoms with E-state index >= 15 is 0 Å². The fraction of sp³-hybridized carbons (Fsp3) is 0.950. The predicted molar refractivity (Wildman–Crippen MR) is 95.6 cm³/mol. The maximum atomic E-state index is 11.7. The average molecular weight is 327 g/mol. The van der Waals surface area contributed by atoms with Crippen LogP contribution in [0.4, 0.5) is 0 Å². The quantitative estimate of drug-likeness (QED) is 0.204. The van der Waals surface area contributed by atoms with Crippen LogP contribution in [0.15, 0.2) is 0 Å². The van der Waals surface area contributed by atoms with Gasteiger partial charge in [0, 0.05) is 0 Å². The van der Waals surface area contributed by atoms with Gasteiger partial charge in [-0.05, 0) is 12.8 Å². The monoisotopic (exact) mass is 326 g/mol. The van der Waals surface area contributed by atoms with Gasteiger partial charge in [0.2, 0.25) is 0 Å². The SMILES string of the molecule is CCCCCCCCOC(=O)CC1OC1CCCCCCCC. The maximum Gasteiger partial charge on any atom is 0.308 e. The Labute approximate surface area is 143 Å². The second-order valence-electron chi connectivity index (χ2n) is 6.96. The van der Waals surface area contributed by atoms with Gasteiger partial charge in [-0.3, -0.25) is 4.79 Å². The lowest BCUT2D eigenvalue weighted by atomic mass is 10.1. The molecule has 0 aromatic heterocycles. The van der Waals surface area contributed by atoms with E-state index in [1.807, 2.05) is 0 Å². The Hall–Kier alpha value is -0.570. The molecule has 0 aromatic carbocycles. The van der Waals surface area contributed by atoms with E-state index in [2.05, 4.69) is 13.8 Å². The van der Waals surface area contributed by atoms with Crippen LogP contribution in [0.1, 0.15) is 104 Å². The van der Waals surface area contributed by atoms with Crippen molar-refractivity contribution in [3.05, 3.63) is 0 Å². The minimum Gasteiger partial charge on any atom is -0.466 e. The van der Waals surface area contributed by atoms with Gasteiger partial charge >= 0.3 is 5.97 Å². The van der Waals surface area contributed by atoms with Gasteiger partial charge in [-0.1, -0.05) is 84.5 Å². The molecule has 3 heteroatoms. The van der Waals surface area contributed by atoms with Crippen LogP contribution >= 0.6 is 0 Å². The summed E-state index contributed by atoms with van der Waals surface area (Å²) in [5.74, 6) is -0.0750. The molecule has 23 heavy (non-hydrogen) atoms. The number of hydrogen-bond donors (Lipinski definition) is 0. The van der Waals surface area contributed by atoms with Gasteiger partial charge in [-0.25, -0.2) is 0 Å². The van der Waals surface area contributed by atoms with Crippen molar-refractivity contribution < 1.29 is 14.3 Å². The molecule has 2 atom stereocenters. The molecule has 0 N–H and O–H groups in total. The number of rotatable bonds is 16. The van der Waals surface area contributed by atoms with Crippen LogP contribution in [0, 0.1) is 0 Å². The first-order valence-corrected chi connectivity index (χ1v) is 10.1. The highest BCUT2D eigenvalue weighted by molar-refractivity contribution is 5.70. The molecular weight excluding hydrogens is 288 g/mol. The van der Waals surface area contributed by atoms with E-state index in [1.54, 1.807) is 0 Å². The normalized spacial score (nSPS) is 19.7. The van der Waals surface area contributed by atoms with Gasteiger partial charge in [-0.2, -0.15) is 0 Å². The van der Waals surface area contributed by atoms with Crippen molar-refractivity contribution in [1.82, 2.24) is 0 Å². The van der Waals surface area contributed by atoms with Crippen molar-refractivity contribution >= 4 is 5.97 Å². The molecule has 0 aromatic rings. The summed E-state index contributed by atoms with van der Waals surface area (Å²) in [5.41, 5.74) is 0. The maximum absolute atomic E-state index is 11.7. The molecule has 0 spiro atoms. The first-order chi connectivity index (χ1) is 11.3. The van der Waals surface area contributed by atoms with Crippen molar-refractivity contribution in [1.29, 1.82) is 0 Å². The molecule has 0 radical (unpaired) electrons. The number of esters is 1. The highest BCUT2D eigenvalue weighted by Crippen LogP contribution is 2.30. The summed E-state index contributed by atoms with van der Waals surface area (Å²) in [6, 6.07) is 0. The third-order valence-electron chi connectivity index (χ3n) is 4.66. The van der Waals surface area contributed by atoms with Crippen molar-refractivity contribution in [3.63, 3.8) is 0 Å². The number of carbonyl (C=O) groups is 1. The standard InChI is InChI=1S/C20H38O3/c1-3-5-7-9-11-13-15-18-19(23-18)17-20(21)22-16-14-12-10-8-6-4-2/h18-19H,3-17H2,1-2H3. The van der Waals surface area contributed by atoms with Crippen LogP contribution in [0.2, 0.25) is 0 Å². The smallest absolute Gasteiger partial charge is 0.308 e. The van der Waals surface area contributed by atoms with E-state index in [0.717, 1.165) is 12.8 Å². The average Bonchev–Trinajstić information content (AvgIpc) is 3.27. The third-order valence-corrected chi connectivity index (χ3v) is 4.66. The van der Waals surface area contributed by atoms with Crippen LogP contribution in [-0.2, 0) is 14.3 Å². The molecule has 2 unspecified atom stereocenters. The number of hydrogen-bond acceptors (Lipinski definition) is 3. The van der Waals surface area contributed by atoms with E-state index in [0.29, 0.717) is 19.1 Å². The zero-order valence-corrected chi connectivity index (χ0v) is 15.5. The molecule has 1 aliphatic rings. The summed E-state index contributed by atoms with van der Waals surface area (Å²) in [6.45, 7) is 5.05. The number of carbonyl (C=O) groups excluding carboxylic acids is 1. The van der Waals surface area contributed by atoms with E-state index in [1.165, 1.54) is 70.6 Å². The lowest BCUT2D eigenvalue weighted by Gasteiger charge is -2.04. The van der Waals surface area contributed by atoms with Gasteiger partial charge in [0.05, 0.1) is 25.2 Å². The summed E-state index contributed by atoms with van der Waals surface area (Å²) in [6.07, 6.45) is 17.3. The molecule has 1 fully saturated rings. The summed E-state index contributed by atoms with van der Waals surface area (Å²) in [5, 5.41) is 0. The third kappa shape index (κ3) is 11.6. The van der Waals surface area contributed by atoms with Crippen molar-refractivity contribution in [2.24, 2.45) is 0 Å². The lowest BCUT2D eigenvalue weighted by molar-refractivity contribution is -0.144. The molecule has 1 heterocycles. The molecule has 136 valence electrons. The largest absolute Gasteiger partial charge is 0.466 e. The Bertz CT molecular complexity index is 291. The summed E-state index contributed by atoms with van der Waals surface area (Å²) < 4.78 is 10.9. The van der Waals surface area contributed by atoms with Crippen LogP contribution < -0.4 is 0 Å². The second-order valence-corrected chi connectivity index (χ2v) is 6.96. The zero-order valence-electron chi connectivity index (χ0n) is 15.5. The molecule has 3 nitrogen and oxygen atoms in total. The van der Waals surface area contributed by atoms with E-state index in [-0.39, 0.29) is 12.1 Å². The molecule has 0 amide bonds. The number of unbranched alkanes of at least 4 members (excludes halogenated alkanes) is 10. The van der Waals surface area contributed by atoms with E-state index < -0.39 is 0 Å². The minimum absolute atomic E-state index is 0.0750. The van der Waals surface area contributed by atoms with Crippen molar-refractivity contribution in [2.75, 3.05) is 6.61 Å². The minimum atomic E-state index is -0.0750. The second kappa shape index (κ2) is 13.8. The Morgan fingerprint density at radius 2 is 1.35 bits per heavy atom. The zero-order chi connectivity index (χ0) is 16.8. The molecular formula is C20H38O3. The lowest BCUT2D eigenvalue weighted by Crippen LogP contribution is -2.10. The summed E-state index contributed by atoms with van der Waals surface area (Å²) in [7, 11) is 0. The molecule has 1 rings (SSSR count). The topological polar surface area (TPSA) is 38.8 Å². The molecule has 1 saturated heterocycles. The Balaban J connectivity index is 1.85. The first-order valence-electron chi connectivity index (χ1n) is 10.1. The fourth-order valence-corrected chi connectivity index (χ4v) is 3.03. The van der Waals surface area contributed by atoms with Crippen LogP contribution in [0.25, 0.3) is 0 Å². The van der Waals surface area contributed by atoms with Gasteiger partial charge in [0.15, 0.2) is 0 Å². The molecule has 0 aliphatic carbocycles. The predicted octanol–water partition coefficient (Wildman–Crippen LogP) is 5.80. The summed E-state index contributed by atoms with van der Waals surface area (Å²) >= 11 is 0. The van der Waals surface area contributed by atoms with Crippen LogP contribution in [0.3, 0.4) is 0 Å².